The van der Waals surface area contributed by atoms with Crippen LogP contribution in [0.4, 0.5) is 0 Å². The monoisotopic (exact) mass is 331 g/mol. The fourth-order valence-electron chi connectivity index (χ4n) is 3.33. The molecule has 2 atom stereocenters. The quantitative estimate of drug-likeness (QED) is 0.805. The highest BCUT2D eigenvalue weighted by Gasteiger charge is 2.24. The zero-order valence-electron chi connectivity index (χ0n) is 15.0. The van der Waals surface area contributed by atoms with E-state index >= 15 is 0 Å². The highest BCUT2D eigenvalue weighted by molar-refractivity contribution is 5.79. The molecule has 0 spiro atoms. The van der Waals surface area contributed by atoms with Gasteiger partial charge in [0.1, 0.15) is 0 Å². The number of aryl methyl sites for hydroxylation is 1. The maximum Gasteiger partial charge on any atom is 0.222 e. The van der Waals surface area contributed by atoms with Crippen LogP contribution in [0.1, 0.15) is 50.3 Å². The number of likely N-dealkylation sites (N-methyl/N-ethyl adjacent to an activating group) is 1. The summed E-state index contributed by atoms with van der Waals surface area (Å²) in [5, 5.41) is 5.93. The Kier molecular flexibility index (Phi) is 6.79. The van der Waals surface area contributed by atoms with Crippen LogP contribution in [-0.4, -0.2) is 42.4 Å². The van der Waals surface area contributed by atoms with Gasteiger partial charge in [-0.15, -0.1) is 0 Å². The molecule has 1 aromatic rings. The minimum atomic E-state index is -0.283. The zero-order chi connectivity index (χ0) is 17.5. The first-order valence-electron chi connectivity index (χ1n) is 8.84. The molecule has 1 aliphatic rings. The maximum absolute atomic E-state index is 12.3. The van der Waals surface area contributed by atoms with Crippen LogP contribution in [0.3, 0.4) is 0 Å². The van der Waals surface area contributed by atoms with Crippen molar-refractivity contribution in [3.63, 3.8) is 0 Å². The summed E-state index contributed by atoms with van der Waals surface area (Å²) in [4.78, 5) is 26.2. The lowest BCUT2D eigenvalue weighted by Gasteiger charge is -2.24. The minimum absolute atomic E-state index is 0.0164. The molecule has 0 aromatic heterocycles. The summed E-state index contributed by atoms with van der Waals surface area (Å²) in [6.45, 7) is 8.49. The van der Waals surface area contributed by atoms with E-state index in [1.807, 2.05) is 31.2 Å². The topological polar surface area (TPSA) is 61.4 Å². The summed E-state index contributed by atoms with van der Waals surface area (Å²) in [5.41, 5.74) is 2.12. The lowest BCUT2D eigenvalue weighted by atomic mass is 10.0. The predicted octanol–water partition coefficient (Wildman–Crippen LogP) is 2.16. The van der Waals surface area contributed by atoms with Gasteiger partial charge in [0.25, 0.3) is 0 Å². The molecule has 24 heavy (non-hydrogen) atoms. The second-order valence-electron chi connectivity index (χ2n) is 6.60. The third kappa shape index (κ3) is 5.34. The molecule has 132 valence electrons. The molecular formula is C19H29N3O2. The number of rotatable bonds is 7. The van der Waals surface area contributed by atoms with E-state index in [4.69, 9.17) is 0 Å². The van der Waals surface area contributed by atoms with Crippen molar-refractivity contribution in [1.82, 2.24) is 15.5 Å². The van der Waals surface area contributed by atoms with Crippen molar-refractivity contribution in [1.29, 1.82) is 0 Å². The van der Waals surface area contributed by atoms with Gasteiger partial charge in [-0.2, -0.15) is 0 Å². The number of likely N-dealkylation sites (tertiary alicyclic amines) is 1. The van der Waals surface area contributed by atoms with Crippen LogP contribution in [0.25, 0.3) is 0 Å². The normalized spacial score (nSPS) is 19.0. The largest absolute Gasteiger partial charge is 0.354 e. The maximum atomic E-state index is 12.3. The number of carbonyl (C=O) groups excluding carboxylic acids is 2. The molecule has 0 saturated carbocycles. The first kappa shape index (κ1) is 18.5. The van der Waals surface area contributed by atoms with E-state index in [0.29, 0.717) is 12.6 Å². The molecule has 1 aromatic carbocycles. The van der Waals surface area contributed by atoms with Gasteiger partial charge in [0.2, 0.25) is 11.8 Å². The molecule has 0 bridgehead atoms. The van der Waals surface area contributed by atoms with E-state index in [1.165, 1.54) is 13.3 Å². The van der Waals surface area contributed by atoms with Gasteiger partial charge in [-0.05, 0) is 38.4 Å². The SMILES string of the molecule is CCN1CCCC1CNC(=O)CC(NC(C)=O)c1ccc(C)cc1. The van der Waals surface area contributed by atoms with Gasteiger partial charge in [0.05, 0.1) is 12.5 Å². The third-order valence-corrected chi connectivity index (χ3v) is 4.69. The lowest BCUT2D eigenvalue weighted by molar-refractivity contribution is -0.123. The van der Waals surface area contributed by atoms with Crippen molar-refractivity contribution >= 4 is 11.8 Å². The van der Waals surface area contributed by atoms with Gasteiger partial charge < -0.3 is 10.6 Å². The molecule has 1 fully saturated rings. The first-order valence-corrected chi connectivity index (χ1v) is 8.84. The number of nitrogens with zero attached hydrogens (tertiary/aromatic N) is 1. The summed E-state index contributed by atoms with van der Waals surface area (Å²) in [5.74, 6) is -0.140. The van der Waals surface area contributed by atoms with Crippen molar-refractivity contribution in [2.75, 3.05) is 19.6 Å². The van der Waals surface area contributed by atoms with Crippen molar-refractivity contribution in [2.45, 2.75) is 52.1 Å². The molecule has 2 N–H and O–H groups in total. The average molecular weight is 331 g/mol. The van der Waals surface area contributed by atoms with E-state index in [-0.39, 0.29) is 24.3 Å². The number of amides is 2. The van der Waals surface area contributed by atoms with E-state index in [2.05, 4.69) is 22.5 Å². The molecule has 0 aliphatic carbocycles. The molecule has 1 heterocycles. The van der Waals surface area contributed by atoms with Gasteiger partial charge >= 0.3 is 0 Å². The molecular weight excluding hydrogens is 302 g/mol. The number of benzene rings is 1. The molecule has 0 radical (unpaired) electrons. The second kappa shape index (κ2) is 8.83. The Hall–Kier alpha value is -1.88. The highest BCUT2D eigenvalue weighted by atomic mass is 16.2. The van der Waals surface area contributed by atoms with E-state index in [0.717, 1.165) is 30.6 Å². The number of hydrogen-bond acceptors (Lipinski definition) is 3. The van der Waals surface area contributed by atoms with E-state index < -0.39 is 0 Å². The van der Waals surface area contributed by atoms with Crippen LogP contribution >= 0.6 is 0 Å². The van der Waals surface area contributed by atoms with Gasteiger partial charge in [-0.25, -0.2) is 0 Å². The predicted molar refractivity (Wildman–Crippen MR) is 95.6 cm³/mol. The third-order valence-electron chi connectivity index (χ3n) is 4.69. The Bertz CT molecular complexity index is 556. The smallest absolute Gasteiger partial charge is 0.222 e. The zero-order valence-corrected chi connectivity index (χ0v) is 15.0. The first-order chi connectivity index (χ1) is 11.5. The molecule has 1 aliphatic heterocycles. The molecule has 2 amide bonds. The minimum Gasteiger partial charge on any atom is -0.354 e. The van der Waals surface area contributed by atoms with Crippen molar-refractivity contribution in [3.05, 3.63) is 35.4 Å². The van der Waals surface area contributed by atoms with E-state index in [1.54, 1.807) is 0 Å². The Morgan fingerprint density at radius 2 is 2.00 bits per heavy atom. The highest BCUT2D eigenvalue weighted by Crippen LogP contribution is 2.18. The van der Waals surface area contributed by atoms with Crippen molar-refractivity contribution in [3.8, 4) is 0 Å². The lowest BCUT2D eigenvalue weighted by Crippen LogP contribution is -2.41. The van der Waals surface area contributed by atoms with Crippen LogP contribution in [0.15, 0.2) is 24.3 Å². The fraction of sp³-hybridized carbons (Fsp3) is 0.579. The molecule has 2 rings (SSSR count). The summed E-state index contributed by atoms with van der Waals surface area (Å²) in [6.07, 6.45) is 2.61. The molecule has 5 nitrogen and oxygen atoms in total. The Morgan fingerprint density at radius 1 is 1.29 bits per heavy atom. The number of nitrogens with one attached hydrogen (secondary N) is 2. The molecule has 1 saturated heterocycles. The summed E-state index contributed by atoms with van der Waals surface area (Å²) >= 11 is 0. The Balaban J connectivity index is 1.92. The Morgan fingerprint density at radius 3 is 2.62 bits per heavy atom. The number of hydrogen-bond donors (Lipinski definition) is 2. The van der Waals surface area contributed by atoms with Crippen LogP contribution < -0.4 is 10.6 Å². The van der Waals surface area contributed by atoms with Gasteiger partial charge in [0, 0.05) is 19.5 Å². The summed E-state index contributed by atoms with van der Waals surface area (Å²) < 4.78 is 0. The van der Waals surface area contributed by atoms with Gasteiger partial charge in [0.15, 0.2) is 0 Å². The second-order valence-corrected chi connectivity index (χ2v) is 6.60. The van der Waals surface area contributed by atoms with Crippen LogP contribution in [0.5, 0.6) is 0 Å². The average Bonchev–Trinajstić information content (AvgIpc) is 3.00. The van der Waals surface area contributed by atoms with Crippen LogP contribution in [0, 0.1) is 6.92 Å². The van der Waals surface area contributed by atoms with Gasteiger partial charge in [-0.3, -0.25) is 14.5 Å². The van der Waals surface area contributed by atoms with E-state index in [9.17, 15) is 9.59 Å². The summed E-state index contributed by atoms with van der Waals surface area (Å²) in [7, 11) is 0. The standard InChI is InChI=1S/C19H29N3O2/c1-4-22-11-5-6-17(22)13-20-19(24)12-18(21-15(3)23)16-9-7-14(2)8-10-16/h7-10,17-18H,4-6,11-13H2,1-3H3,(H,20,24)(H,21,23). The molecule has 2 unspecified atom stereocenters. The molecule has 5 heteroatoms. The fourth-order valence-corrected chi connectivity index (χ4v) is 3.33. The van der Waals surface area contributed by atoms with Crippen LogP contribution in [0.2, 0.25) is 0 Å². The number of carbonyl (C=O) groups is 2. The van der Waals surface area contributed by atoms with Crippen molar-refractivity contribution < 1.29 is 9.59 Å². The van der Waals surface area contributed by atoms with Crippen LogP contribution in [-0.2, 0) is 9.59 Å². The van der Waals surface area contributed by atoms with Gasteiger partial charge in [-0.1, -0.05) is 36.8 Å². The Labute approximate surface area is 144 Å². The van der Waals surface area contributed by atoms with Crippen molar-refractivity contribution in [2.24, 2.45) is 0 Å². The summed E-state index contributed by atoms with van der Waals surface area (Å²) in [6, 6.07) is 8.10.